The zero-order valence-corrected chi connectivity index (χ0v) is 14.8. The molecule has 0 saturated heterocycles. The molecule has 0 saturated carbocycles. The number of nitrogens with two attached hydrogens (primary N) is 1. The number of benzene rings is 1. The number of carbonyl (C=O) groups excluding carboxylic acids is 1. The molecule has 22 heavy (non-hydrogen) atoms. The normalized spacial score (nSPS) is 13.8. The van der Waals surface area contributed by atoms with Gasteiger partial charge in [0.1, 0.15) is 12.4 Å². The fourth-order valence-corrected chi connectivity index (χ4v) is 2.34. The van der Waals surface area contributed by atoms with Gasteiger partial charge in [0.05, 0.1) is 11.7 Å². The summed E-state index contributed by atoms with van der Waals surface area (Å²) in [5, 5.41) is 9.42. The lowest BCUT2D eigenvalue weighted by Gasteiger charge is -2.31. The van der Waals surface area contributed by atoms with Gasteiger partial charge in [-0.25, -0.2) is 0 Å². The summed E-state index contributed by atoms with van der Waals surface area (Å²) >= 11 is 0. The molecule has 3 N–H and O–H groups in total. The Morgan fingerprint density at radius 3 is 1.95 bits per heavy atom. The highest BCUT2D eigenvalue weighted by atomic mass is 16.5. The number of hydrogen-bond donors (Lipinski definition) is 2. The minimum absolute atomic E-state index is 0.0955. The van der Waals surface area contributed by atoms with Crippen molar-refractivity contribution in [2.75, 3.05) is 6.61 Å². The Labute approximate surface area is 133 Å². The van der Waals surface area contributed by atoms with Crippen LogP contribution in [0.2, 0.25) is 0 Å². The minimum atomic E-state index is -0.610. The van der Waals surface area contributed by atoms with Crippen molar-refractivity contribution in [1.29, 1.82) is 0 Å². The number of carbonyl (C=O) groups is 1. The van der Waals surface area contributed by atoms with Gasteiger partial charge >= 0.3 is 0 Å². The highest BCUT2D eigenvalue weighted by Gasteiger charge is 2.28. The Morgan fingerprint density at radius 2 is 1.59 bits per heavy atom. The van der Waals surface area contributed by atoms with Crippen LogP contribution in [-0.4, -0.2) is 23.7 Å². The van der Waals surface area contributed by atoms with Gasteiger partial charge in [0.15, 0.2) is 0 Å². The first-order chi connectivity index (χ1) is 9.84. The number of rotatable bonds is 4. The number of amides is 1. The summed E-state index contributed by atoms with van der Waals surface area (Å²) in [6.45, 7) is 14.5. The quantitative estimate of drug-likeness (QED) is 0.897. The van der Waals surface area contributed by atoms with Crippen LogP contribution in [0, 0.1) is 0 Å². The van der Waals surface area contributed by atoms with Crippen LogP contribution in [0.15, 0.2) is 12.1 Å². The van der Waals surface area contributed by atoms with E-state index in [9.17, 15) is 9.90 Å². The molecule has 1 rings (SSSR count). The Kier molecular flexibility index (Phi) is 5.29. The largest absolute Gasteiger partial charge is 0.490 e. The van der Waals surface area contributed by atoms with Crippen LogP contribution in [0.1, 0.15) is 70.0 Å². The van der Waals surface area contributed by atoms with E-state index in [0.29, 0.717) is 11.3 Å². The van der Waals surface area contributed by atoms with Crippen LogP contribution in [-0.2, 0) is 10.8 Å². The van der Waals surface area contributed by atoms with Gasteiger partial charge in [-0.2, -0.15) is 0 Å². The maximum Gasteiger partial charge on any atom is 0.252 e. The monoisotopic (exact) mass is 307 g/mol. The van der Waals surface area contributed by atoms with Gasteiger partial charge in [0, 0.05) is 0 Å². The third kappa shape index (κ3) is 4.47. The second kappa shape index (κ2) is 6.29. The standard InChI is InChI=1S/C18H29NO3/c1-11(20)10-22-15-9-14(18(5,6)7)13(17(2,3)4)8-12(15)16(19)21/h8-9,11,20H,10H2,1-7H3,(H2,19,21). The van der Waals surface area contributed by atoms with Gasteiger partial charge in [-0.05, 0) is 41.0 Å². The SMILES string of the molecule is CC(O)COc1cc(C(C)(C)C)c(C(C)(C)C)cc1C(N)=O. The topological polar surface area (TPSA) is 72.6 Å². The van der Waals surface area contributed by atoms with Gasteiger partial charge in [-0.1, -0.05) is 41.5 Å². The average Bonchev–Trinajstić information content (AvgIpc) is 2.32. The molecule has 1 aromatic rings. The van der Waals surface area contributed by atoms with Gasteiger partial charge < -0.3 is 15.6 Å². The van der Waals surface area contributed by atoms with Crippen molar-refractivity contribution in [3.63, 3.8) is 0 Å². The molecule has 0 aliphatic rings. The summed E-state index contributed by atoms with van der Waals surface area (Å²) in [5.74, 6) is -0.0853. The second-order valence-corrected chi connectivity index (χ2v) is 7.92. The van der Waals surface area contributed by atoms with E-state index in [2.05, 4.69) is 41.5 Å². The molecule has 0 spiro atoms. The molecule has 0 bridgehead atoms. The first kappa shape index (κ1) is 18.5. The number of ether oxygens (including phenoxy) is 1. The van der Waals surface area contributed by atoms with Crippen molar-refractivity contribution in [3.8, 4) is 5.75 Å². The van der Waals surface area contributed by atoms with Crippen molar-refractivity contribution in [2.24, 2.45) is 5.73 Å². The molecule has 1 unspecified atom stereocenters. The molecule has 0 heterocycles. The molecule has 1 aromatic carbocycles. The van der Waals surface area contributed by atoms with Crippen LogP contribution in [0.25, 0.3) is 0 Å². The highest BCUT2D eigenvalue weighted by Crippen LogP contribution is 2.38. The highest BCUT2D eigenvalue weighted by molar-refractivity contribution is 5.96. The van der Waals surface area contributed by atoms with Gasteiger partial charge in [0.25, 0.3) is 5.91 Å². The Morgan fingerprint density at radius 1 is 1.14 bits per heavy atom. The summed E-state index contributed by atoms with van der Waals surface area (Å²) in [7, 11) is 0. The zero-order chi connectivity index (χ0) is 17.3. The second-order valence-electron chi connectivity index (χ2n) is 7.92. The summed E-state index contributed by atoms with van der Waals surface area (Å²) < 4.78 is 5.61. The Bertz CT molecular complexity index is 549. The fraction of sp³-hybridized carbons (Fsp3) is 0.611. The Hall–Kier alpha value is -1.55. The molecule has 1 atom stereocenters. The van der Waals surface area contributed by atoms with Crippen LogP contribution in [0.4, 0.5) is 0 Å². The van der Waals surface area contributed by atoms with Gasteiger partial charge in [0.2, 0.25) is 0 Å². The molecule has 0 fully saturated rings. The van der Waals surface area contributed by atoms with Crippen molar-refractivity contribution in [3.05, 3.63) is 28.8 Å². The van der Waals surface area contributed by atoms with E-state index >= 15 is 0 Å². The van der Waals surface area contributed by atoms with Gasteiger partial charge in [-0.3, -0.25) is 4.79 Å². The van der Waals surface area contributed by atoms with Crippen molar-refractivity contribution in [1.82, 2.24) is 0 Å². The first-order valence-corrected chi connectivity index (χ1v) is 7.63. The summed E-state index contributed by atoms with van der Waals surface area (Å²) in [6.07, 6.45) is -0.610. The van der Waals surface area contributed by atoms with Crippen LogP contribution in [0.3, 0.4) is 0 Å². The third-order valence-corrected chi connectivity index (χ3v) is 3.48. The van der Waals surface area contributed by atoms with Crippen LogP contribution < -0.4 is 10.5 Å². The maximum atomic E-state index is 11.8. The van der Waals surface area contributed by atoms with E-state index in [1.54, 1.807) is 6.92 Å². The molecular weight excluding hydrogens is 278 g/mol. The minimum Gasteiger partial charge on any atom is -0.490 e. The molecule has 124 valence electrons. The third-order valence-electron chi connectivity index (χ3n) is 3.48. The summed E-state index contributed by atoms with van der Waals surface area (Å²) in [5.41, 5.74) is 7.86. The number of aliphatic hydroxyl groups excluding tert-OH is 1. The van der Waals surface area contributed by atoms with Crippen molar-refractivity contribution in [2.45, 2.75) is 65.4 Å². The summed E-state index contributed by atoms with van der Waals surface area (Å²) in [6, 6.07) is 3.73. The molecule has 0 radical (unpaired) electrons. The lowest BCUT2D eigenvalue weighted by molar-refractivity contribution is 0.0982. The fourth-order valence-electron chi connectivity index (χ4n) is 2.34. The van der Waals surface area contributed by atoms with Gasteiger partial charge in [-0.15, -0.1) is 0 Å². The molecule has 4 nitrogen and oxygen atoms in total. The predicted molar refractivity (Wildman–Crippen MR) is 89.5 cm³/mol. The van der Waals surface area contributed by atoms with E-state index in [1.807, 2.05) is 12.1 Å². The number of hydrogen-bond acceptors (Lipinski definition) is 3. The molecule has 0 aliphatic heterocycles. The number of primary amides is 1. The van der Waals surface area contributed by atoms with E-state index < -0.39 is 12.0 Å². The zero-order valence-electron chi connectivity index (χ0n) is 14.8. The average molecular weight is 307 g/mol. The molecule has 4 heteroatoms. The molecule has 0 aromatic heterocycles. The lowest BCUT2D eigenvalue weighted by atomic mass is 9.74. The predicted octanol–water partition coefficient (Wildman–Crippen LogP) is 3.14. The van der Waals surface area contributed by atoms with E-state index in [4.69, 9.17) is 10.5 Å². The summed E-state index contributed by atoms with van der Waals surface area (Å²) in [4.78, 5) is 11.8. The van der Waals surface area contributed by atoms with Crippen molar-refractivity contribution < 1.29 is 14.6 Å². The number of aliphatic hydroxyl groups is 1. The molecular formula is C18H29NO3. The smallest absolute Gasteiger partial charge is 0.252 e. The van der Waals surface area contributed by atoms with E-state index in [0.717, 1.165) is 11.1 Å². The maximum absolute atomic E-state index is 11.8. The van der Waals surface area contributed by atoms with Crippen LogP contribution in [0.5, 0.6) is 5.75 Å². The first-order valence-electron chi connectivity index (χ1n) is 7.63. The molecule has 1 amide bonds. The van der Waals surface area contributed by atoms with E-state index in [-0.39, 0.29) is 17.4 Å². The van der Waals surface area contributed by atoms with E-state index in [1.165, 1.54) is 0 Å². The van der Waals surface area contributed by atoms with Crippen molar-refractivity contribution >= 4 is 5.91 Å². The Balaban J connectivity index is 3.55. The molecule has 0 aliphatic carbocycles. The van der Waals surface area contributed by atoms with Crippen LogP contribution >= 0.6 is 0 Å². The lowest BCUT2D eigenvalue weighted by Crippen LogP contribution is -2.25.